The number of rotatable bonds is 1. The summed E-state index contributed by atoms with van der Waals surface area (Å²) in [5.41, 5.74) is -1.14. The van der Waals surface area contributed by atoms with Crippen molar-refractivity contribution in [1.82, 2.24) is 0 Å². The Morgan fingerprint density at radius 1 is 1.47 bits per heavy atom. The minimum atomic E-state index is -1.23. The van der Waals surface area contributed by atoms with Gasteiger partial charge in [-0.1, -0.05) is 19.1 Å². The normalized spacial score (nSPS) is 30.8. The first-order chi connectivity index (χ1) is 7.05. The molecule has 4 heteroatoms. The highest BCUT2D eigenvalue weighted by Gasteiger charge is 2.42. The molecule has 0 amide bonds. The third-order valence-electron chi connectivity index (χ3n) is 2.94. The smallest absolute Gasteiger partial charge is 0.164 e. The molecule has 1 nitrogen and oxygen atoms in total. The molecular formula is C11H12F2OS. The number of hydrogen-bond acceptors (Lipinski definition) is 2. The van der Waals surface area contributed by atoms with Crippen LogP contribution in [0.15, 0.2) is 18.2 Å². The van der Waals surface area contributed by atoms with Crippen molar-refractivity contribution in [1.29, 1.82) is 0 Å². The van der Waals surface area contributed by atoms with E-state index in [1.54, 1.807) is 11.8 Å². The Morgan fingerprint density at radius 3 is 2.80 bits per heavy atom. The van der Waals surface area contributed by atoms with Crippen molar-refractivity contribution >= 4 is 11.8 Å². The van der Waals surface area contributed by atoms with Gasteiger partial charge in [-0.05, 0) is 18.2 Å². The van der Waals surface area contributed by atoms with E-state index < -0.39 is 17.2 Å². The molecule has 1 aliphatic heterocycles. The molecule has 0 aromatic heterocycles. The van der Waals surface area contributed by atoms with Crippen LogP contribution in [0.1, 0.15) is 18.9 Å². The molecule has 0 aliphatic carbocycles. The molecule has 2 unspecified atom stereocenters. The molecule has 15 heavy (non-hydrogen) atoms. The molecule has 1 N–H and O–H groups in total. The summed E-state index contributed by atoms with van der Waals surface area (Å²) in [5.74, 6) is -1.05. The molecule has 1 saturated heterocycles. The maximum atomic E-state index is 13.5. The maximum absolute atomic E-state index is 13.5. The highest BCUT2D eigenvalue weighted by molar-refractivity contribution is 8.00. The van der Waals surface area contributed by atoms with E-state index in [1.165, 1.54) is 12.1 Å². The van der Waals surface area contributed by atoms with Gasteiger partial charge in [0.05, 0.1) is 0 Å². The van der Waals surface area contributed by atoms with Crippen LogP contribution in [0.2, 0.25) is 0 Å². The summed E-state index contributed by atoms with van der Waals surface area (Å²) in [6.45, 7) is 1.84. The molecule has 0 radical (unpaired) electrons. The van der Waals surface area contributed by atoms with Gasteiger partial charge >= 0.3 is 0 Å². The first-order valence-electron chi connectivity index (χ1n) is 4.84. The van der Waals surface area contributed by atoms with E-state index in [2.05, 4.69) is 0 Å². The van der Waals surface area contributed by atoms with Gasteiger partial charge in [-0.15, -0.1) is 0 Å². The standard InChI is InChI=1S/C11H12F2OS/c1-7-11(14,5-6-15-7)8-3-2-4-9(12)10(8)13/h2-4,7,14H,5-6H2,1H3. The third-order valence-corrected chi connectivity index (χ3v) is 4.27. The SMILES string of the molecule is CC1SCCC1(O)c1cccc(F)c1F. The minimum Gasteiger partial charge on any atom is -0.384 e. The van der Waals surface area contributed by atoms with E-state index in [4.69, 9.17) is 0 Å². The summed E-state index contributed by atoms with van der Waals surface area (Å²) in [7, 11) is 0. The molecule has 2 atom stereocenters. The quantitative estimate of drug-likeness (QED) is 0.800. The summed E-state index contributed by atoms with van der Waals surface area (Å²) < 4.78 is 26.6. The Kier molecular flexibility index (Phi) is 2.73. The van der Waals surface area contributed by atoms with E-state index in [0.29, 0.717) is 6.42 Å². The Balaban J connectivity index is 2.49. The molecular weight excluding hydrogens is 218 g/mol. The van der Waals surface area contributed by atoms with Crippen molar-refractivity contribution in [2.24, 2.45) is 0 Å². The summed E-state index contributed by atoms with van der Waals surface area (Å²) in [6, 6.07) is 3.96. The van der Waals surface area contributed by atoms with Gasteiger partial charge < -0.3 is 5.11 Å². The Hall–Kier alpha value is -0.610. The maximum Gasteiger partial charge on any atom is 0.164 e. The second-order valence-corrected chi connectivity index (χ2v) is 5.24. The lowest BCUT2D eigenvalue weighted by Crippen LogP contribution is -2.32. The lowest BCUT2D eigenvalue weighted by Gasteiger charge is -2.27. The number of aliphatic hydroxyl groups is 1. The van der Waals surface area contributed by atoms with Crippen molar-refractivity contribution in [2.75, 3.05) is 5.75 Å². The molecule has 0 spiro atoms. The molecule has 1 aliphatic rings. The van der Waals surface area contributed by atoms with Crippen molar-refractivity contribution < 1.29 is 13.9 Å². The second kappa shape index (κ2) is 3.76. The molecule has 0 bridgehead atoms. The zero-order valence-corrected chi connectivity index (χ0v) is 9.15. The van der Waals surface area contributed by atoms with E-state index in [9.17, 15) is 13.9 Å². The Bertz CT molecular complexity index is 383. The summed E-state index contributed by atoms with van der Waals surface area (Å²) >= 11 is 1.57. The fraction of sp³-hybridized carbons (Fsp3) is 0.455. The fourth-order valence-electron chi connectivity index (χ4n) is 1.92. The van der Waals surface area contributed by atoms with Gasteiger partial charge in [0.15, 0.2) is 11.6 Å². The average Bonchev–Trinajstić information content (AvgIpc) is 2.53. The largest absolute Gasteiger partial charge is 0.384 e. The first-order valence-corrected chi connectivity index (χ1v) is 5.89. The molecule has 0 saturated carbocycles. The van der Waals surface area contributed by atoms with Gasteiger partial charge in [0.25, 0.3) is 0 Å². The van der Waals surface area contributed by atoms with Crippen LogP contribution in [0, 0.1) is 11.6 Å². The molecule has 2 rings (SSSR count). The number of thioether (sulfide) groups is 1. The van der Waals surface area contributed by atoms with Gasteiger partial charge in [0.2, 0.25) is 0 Å². The Morgan fingerprint density at radius 2 is 2.20 bits per heavy atom. The highest BCUT2D eigenvalue weighted by atomic mass is 32.2. The molecule has 82 valence electrons. The van der Waals surface area contributed by atoms with Gasteiger partial charge in [-0.2, -0.15) is 11.8 Å². The van der Waals surface area contributed by atoms with Crippen LogP contribution in [-0.2, 0) is 5.60 Å². The van der Waals surface area contributed by atoms with Crippen LogP contribution in [0.4, 0.5) is 8.78 Å². The number of hydrogen-bond donors (Lipinski definition) is 1. The Labute approximate surface area is 91.5 Å². The molecule has 1 heterocycles. The second-order valence-electron chi connectivity index (χ2n) is 3.79. The topological polar surface area (TPSA) is 20.2 Å². The van der Waals surface area contributed by atoms with Crippen LogP contribution in [-0.4, -0.2) is 16.1 Å². The highest BCUT2D eigenvalue weighted by Crippen LogP contribution is 2.43. The van der Waals surface area contributed by atoms with E-state index in [-0.39, 0.29) is 10.8 Å². The average molecular weight is 230 g/mol. The predicted molar refractivity (Wildman–Crippen MR) is 56.8 cm³/mol. The monoisotopic (exact) mass is 230 g/mol. The summed E-state index contributed by atoms with van der Waals surface area (Å²) in [6.07, 6.45) is 0.471. The van der Waals surface area contributed by atoms with Crippen LogP contribution >= 0.6 is 11.8 Å². The van der Waals surface area contributed by atoms with Gasteiger partial charge in [-0.3, -0.25) is 0 Å². The number of halogens is 2. The summed E-state index contributed by atoms with van der Waals surface area (Å²) in [5, 5.41) is 10.2. The van der Waals surface area contributed by atoms with E-state index in [1.807, 2.05) is 6.92 Å². The third kappa shape index (κ3) is 1.66. The van der Waals surface area contributed by atoms with Crippen molar-refractivity contribution in [3.63, 3.8) is 0 Å². The molecule has 1 aromatic rings. The van der Waals surface area contributed by atoms with Crippen molar-refractivity contribution in [3.8, 4) is 0 Å². The van der Waals surface area contributed by atoms with Gasteiger partial charge in [0.1, 0.15) is 5.60 Å². The van der Waals surface area contributed by atoms with E-state index >= 15 is 0 Å². The van der Waals surface area contributed by atoms with Gasteiger partial charge in [-0.25, -0.2) is 8.78 Å². The fourth-order valence-corrected chi connectivity index (χ4v) is 3.23. The first kappa shape index (κ1) is 10.9. The van der Waals surface area contributed by atoms with Crippen LogP contribution < -0.4 is 0 Å². The lowest BCUT2D eigenvalue weighted by molar-refractivity contribution is 0.0383. The lowest BCUT2D eigenvalue weighted by atomic mass is 9.88. The summed E-state index contributed by atoms with van der Waals surface area (Å²) in [4.78, 5) is 0. The molecule has 1 fully saturated rings. The van der Waals surface area contributed by atoms with E-state index in [0.717, 1.165) is 11.8 Å². The minimum absolute atomic E-state index is 0.0833. The van der Waals surface area contributed by atoms with Crippen LogP contribution in [0.5, 0.6) is 0 Å². The predicted octanol–water partition coefficient (Wildman–Crippen LogP) is 2.68. The van der Waals surface area contributed by atoms with Crippen molar-refractivity contribution in [3.05, 3.63) is 35.4 Å². The van der Waals surface area contributed by atoms with Crippen molar-refractivity contribution in [2.45, 2.75) is 24.2 Å². The van der Waals surface area contributed by atoms with Crippen LogP contribution in [0.25, 0.3) is 0 Å². The zero-order chi connectivity index (χ0) is 11.1. The number of benzene rings is 1. The van der Waals surface area contributed by atoms with Gasteiger partial charge in [0, 0.05) is 10.8 Å². The zero-order valence-electron chi connectivity index (χ0n) is 8.34. The van der Waals surface area contributed by atoms with Crippen LogP contribution in [0.3, 0.4) is 0 Å². The molecule has 1 aromatic carbocycles.